The highest BCUT2D eigenvalue weighted by Gasteiger charge is 2.27. The van der Waals surface area contributed by atoms with Gasteiger partial charge in [0, 0.05) is 31.9 Å². The lowest BCUT2D eigenvalue weighted by Gasteiger charge is -2.21. The fraction of sp³-hybridized carbons (Fsp3) is 0.346. The molecule has 2 unspecified atom stereocenters. The van der Waals surface area contributed by atoms with Gasteiger partial charge in [-0.15, -0.1) is 0 Å². The largest absolute Gasteiger partial charge is 0.489 e. The second-order valence-corrected chi connectivity index (χ2v) is 8.42. The van der Waals surface area contributed by atoms with E-state index in [1.54, 1.807) is 36.8 Å². The van der Waals surface area contributed by atoms with Crippen LogP contribution in [0.2, 0.25) is 0 Å². The minimum absolute atomic E-state index is 0.0447. The third kappa shape index (κ3) is 5.62. The number of hydrogen-bond acceptors (Lipinski definition) is 6. The molecule has 1 aromatic carbocycles. The van der Waals surface area contributed by atoms with E-state index in [1.807, 2.05) is 43.0 Å². The van der Waals surface area contributed by atoms with E-state index in [9.17, 15) is 9.18 Å². The molecule has 1 amide bonds. The molecule has 34 heavy (non-hydrogen) atoms. The summed E-state index contributed by atoms with van der Waals surface area (Å²) in [5.74, 6) is 0.290. The Labute approximate surface area is 199 Å². The lowest BCUT2D eigenvalue weighted by atomic mass is 10.0. The number of pyridine rings is 2. The van der Waals surface area contributed by atoms with Gasteiger partial charge in [0.15, 0.2) is 11.6 Å². The van der Waals surface area contributed by atoms with Crippen LogP contribution in [0.15, 0.2) is 61.1 Å². The van der Waals surface area contributed by atoms with Crippen molar-refractivity contribution in [2.24, 2.45) is 0 Å². The molecule has 4 rings (SSSR count). The standard InChI is InChI=1S/C26H30FN5O2/c1-3-12-29-25-24(27)23(10-14-30-25)32-15-11-22(17-32)34-21-8-6-19(7-9-21)18(2)26(33)31-20-5-4-13-28-16-20/h4-10,13-14,16,18,22H,3,11-12,15,17H2,1-2H3,(H,29,30)(H,31,33). The lowest BCUT2D eigenvalue weighted by molar-refractivity contribution is -0.117. The second kappa shape index (κ2) is 11.0. The summed E-state index contributed by atoms with van der Waals surface area (Å²) in [6.07, 6.45) is 6.57. The first kappa shape index (κ1) is 23.5. The maximum Gasteiger partial charge on any atom is 0.231 e. The Balaban J connectivity index is 1.33. The first-order valence-corrected chi connectivity index (χ1v) is 11.7. The van der Waals surface area contributed by atoms with Crippen molar-refractivity contribution < 1.29 is 13.9 Å². The molecule has 3 heterocycles. The van der Waals surface area contributed by atoms with Crippen molar-refractivity contribution in [3.05, 3.63) is 72.4 Å². The van der Waals surface area contributed by atoms with Gasteiger partial charge in [0.05, 0.1) is 30.0 Å². The van der Waals surface area contributed by atoms with Gasteiger partial charge in [0.1, 0.15) is 11.9 Å². The van der Waals surface area contributed by atoms with E-state index in [0.717, 1.165) is 24.2 Å². The van der Waals surface area contributed by atoms with Crippen molar-refractivity contribution in [2.75, 3.05) is 35.2 Å². The molecule has 1 aliphatic heterocycles. The van der Waals surface area contributed by atoms with Gasteiger partial charge in [-0.1, -0.05) is 19.1 Å². The molecule has 0 aliphatic carbocycles. The van der Waals surface area contributed by atoms with Crippen LogP contribution in [0.25, 0.3) is 0 Å². The Kier molecular flexibility index (Phi) is 7.57. The highest BCUT2D eigenvalue weighted by Crippen LogP contribution is 2.29. The molecule has 2 atom stereocenters. The van der Waals surface area contributed by atoms with Crippen LogP contribution in [0, 0.1) is 5.82 Å². The Morgan fingerprint density at radius 3 is 2.79 bits per heavy atom. The number of ether oxygens (including phenoxy) is 1. The molecule has 7 nitrogen and oxygen atoms in total. The molecule has 0 spiro atoms. The van der Waals surface area contributed by atoms with Crippen LogP contribution < -0.4 is 20.3 Å². The lowest BCUT2D eigenvalue weighted by Crippen LogP contribution is -2.25. The van der Waals surface area contributed by atoms with Gasteiger partial charge in [-0.25, -0.2) is 9.37 Å². The van der Waals surface area contributed by atoms with Crippen molar-refractivity contribution >= 4 is 23.1 Å². The first-order chi connectivity index (χ1) is 16.5. The Hall–Kier alpha value is -3.68. The number of halogens is 1. The van der Waals surface area contributed by atoms with E-state index in [4.69, 9.17) is 4.74 Å². The summed E-state index contributed by atoms with van der Waals surface area (Å²) in [5.41, 5.74) is 2.11. The zero-order valence-corrected chi connectivity index (χ0v) is 19.5. The molecule has 3 aromatic rings. The third-order valence-corrected chi connectivity index (χ3v) is 5.90. The van der Waals surface area contributed by atoms with Gasteiger partial charge < -0.3 is 20.3 Å². The van der Waals surface area contributed by atoms with Gasteiger partial charge >= 0.3 is 0 Å². The maximum atomic E-state index is 14.9. The second-order valence-electron chi connectivity index (χ2n) is 8.42. The first-order valence-electron chi connectivity index (χ1n) is 11.7. The highest BCUT2D eigenvalue weighted by atomic mass is 19.1. The number of amides is 1. The summed E-state index contributed by atoms with van der Waals surface area (Å²) < 4.78 is 21.0. The number of carbonyl (C=O) groups excluding carboxylic acids is 1. The van der Waals surface area contributed by atoms with Gasteiger partial charge in [-0.2, -0.15) is 0 Å². The smallest absolute Gasteiger partial charge is 0.231 e. The molecule has 2 aromatic heterocycles. The minimum Gasteiger partial charge on any atom is -0.489 e. The summed E-state index contributed by atoms with van der Waals surface area (Å²) in [6.45, 7) is 5.88. The topological polar surface area (TPSA) is 79.4 Å². The maximum absolute atomic E-state index is 14.9. The van der Waals surface area contributed by atoms with Gasteiger partial charge in [0.2, 0.25) is 5.91 Å². The number of carbonyl (C=O) groups is 1. The van der Waals surface area contributed by atoms with E-state index >= 15 is 0 Å². The molecule has 178 valence electrons. The predicted molar refractivity (Wildman–Crippen MR) is 132 cm³/mol. The van der Waals surface area contributed by atoms with Crippen molar-refractivity contribution in [1.82, 2.24) is 9.97 Å². The number of benzene rings is 1. The summed E-state index contributed by atoms with van der Waals surface area (Å²) in [5, 5.41) is 5.91. The minimum atomic E-state index is -0.320. The van der Waals surface area contributed by atoms with E-state index in [1.165, 1.54) is 0 Å². The normalized spacial score (nSPS) is 16.2. The van der Waals surface area contributed by atoms with Crippen LogP contribution in [0.3, 0.4) is 0 Å². The molecule has 0 radical (unpaired) electrons. The number of rotatable bonds is 9. The molecule has 8 heteroatoms. The van der Waals surface area contributed by atoms with Crippen LogP contribution >= 0.6 is 0 Å². The van der Waals surface area contributed by atoms with Crippen LogP contribution in [0.4, 0.5) is 21.6 Å². The average molecular weight is 464 g/mol. The predicted octanol–water partition coefficient (Wildman–Crippen LogP) is 4.84. The number of nitrogens with zero attached hydrogens (tertiary/aromatic N) is 3. The Bertz CT molecular complexity index is 1090. The third-order valence-electron chi connectivity index (χ3n) is 5.90. The zero-order chi connectivity index (χ0) is 23.9. The summed E-state index contributed by atoms with van der Waals surface area (Å²) in [7, 11) is 0. The van der Waals surface area contributed by atoms with Crippen molar-refractivity contribution in [3.8, 4) is 5.75 Å². The molecular formula is C26H30FN5O2. The Morgan fingerprint density at radius 1 is 1.24 bits per heavy atom. The molecule has 0 saturated carbocycles. The summed E-state index contributed by atoms with van der Waals surface area (Å²) in [6, 6.07) is 12.9. The fourth-order valence-electron chi connectivity index (χ4n) is 3.95. The highest BCUT2D eigenvalue weighted by molar-refractivity contribution is 5.95. The molecule has 0 bridgehead atoms. The van der Waals surface area contributed by atoms with E-state index in [2.05, 4.69) is 20.6 Å². The molecule has 1 saturated heterocycles. The number of nitrogens with one attached hydrogen (secondary N) is 2. The van der Waals surface area contributed by atoms with E-state index in [0.29, 0.717) is 36.8 Å². The molecule has 2 N–H and O–H groups in total. The van der Waals surface area contributed by atoms with Crippen molar-refractivity contribution in [3.63, 3.8) is 0 Å². The van der Waals surface area contributed by atoms with E-state index in [-0.39, 0.29) is 23.7 Å². The summed E-state index contributed by atoms with van der Waals surface area (Å²) >= 11 is 0. The average Bonchev–Trinajstić information content (AvgIpc) is 3.32. The van der Waals surface area contributed by atoms with E-state index < -0.39 is 0 Å². The number of anilines is 3. The van der Waals surface area contributed by atoms with Crippen molar-refractivity contribution in [1.29, 1.82) is 0 Å². The molecular weight excluding hydrogens is 433 g/mol. The van der Waals surface area contributed by atoms with Crippen LogP contribution in [-0.2, 0) is 4.79 Å². The molecule has 1 aliphatic rings. The number of hydrogen-bond donors (Lipinski definition) is 2. The van der Waals surface area contributed by atoms with Crippen LogP contribution in [0.5, 0.6) is 5.75 Å². The van der Waals surface area contributed by atoms with Crippen LogP contribution in [0.1, 0.15) is 38.2 Å². The zero-order valence-electron chi connectivity index (χ0n) is 19.5. The van der Waals surface area contributed by atoms with Gasteiger partial charge in [-0.3, -0.25) is 9.78 Å². The van der Waals surface area contributed by atoms with Gasteiger partial charge in [-0.05, 0) is 49.2 Å². The molecule has 1 fully saturated rings. The SMILES string of the molecule is CCCNc1nccc(N2CCC(Oc3ccc(C(C)C(=O)Nc4cccnc4)cc3)C2)c1F. The quantitative estimate of drug-likeness (QED) is 0.473. The van der Waals surface area contributed by atoms with Crippen LogP contribution in [-0.4, -0.2) is 41.6 Å². The number of aromatic nitrogens is 2. The Morgan fingerprint density at radius 2 is 2.06 bits per heavy atom. The van der Waals surface area contributed by atoms with Crippen molar-refractivity contribution in [2.45, 2.75) is 38.7 Å². The fourth-order valence-corrected chi connectivity index (χ4v) is 3.95. The monoisotopic (exact) mass is 463 g/mol. The summed E-state index contributed by atoms with van der Waals surface area (Å²) in [4.78, 5) is 22.7. The van der Waals surface area contributed by atoms with Gasteiger partial charge in [0.25, 0.3) is 0 Å².